The summed E-state index contributed by atoms with van der Waals surface area (Å²) in [5, 5.41) is 0. The Balaban J connectivity index is 1.37. The van der Waals surface area contributed by atoms with Gasteiger partial charge < -0.3 is 14.1 Å². The van der Waals surface area contributed by atoms with Gasteiger partial charge in [-0.05, 0) is 43.3 Å². The second-order valence-electron chi connectivity index (χ2n) is 7.44. The summed E-state index contributed by atoms with van der Waals surface area (Å²) in [5.41, 5.74) is 1.46. The molecule has 8 heteroatoms. The zero-order valence-electron chi connectivity index (χ0n) is 17.4. The molecule has 0 N–H and O–H groups in total. The van der Waals surface area contributed by atoms with Crippen molar-refractivity contribution in [3.8, 4) is 17.2 Å². The minimum Gasteiger partial charge on any atom is -0.497 e. The maximum atomic E-state index is 14.0. The first kappa shape index (κ1) is 21.0. The van der Waals surface area contributed by atoms with E-state index >= 15 is 0 Å². The Kier molecular flexibility index (Phi) is 5.99. The average molecular weight is 427 g/mol. The van der Waals surface area contributed by atoms with Gasteiger partial charge in [0.1, 0.15) is 23.1 Å². The van der Waals surface area contributed by atoms with Crippen molar-refractivity contribution in [2.75, 3.05) is 33.3 Å². The lowest BCUT2D eigenvalue weighted by Crippen LogP contribution is -2.48. The number of carbonyl (C=O) groups excluding carboxylic acids is 1. The Bertz CT molecular complexity index is 1070. The number of aryl methyl sites for hydroxylation is 1. The summed E-state index contributed by atoms with van der Waals surface area (Å²) in [6.45, 7) is 4.88. The number of ether oxygens (including phenoxy) is 1. The van der Waals surface area contributed by atoms with Gasteiger partial charge >= 0.3 is 0 Å². The van der Waals surface area contributed by atoms with Gasteiger partial charge in [0.2, 0.25) is 5.89 Å². The first-order chi connectivity index (χ1) is 14.9. The summed E-state index contributed by atoms with van der Waals surface area (Å²) >= 11 is 0. The highest BCUT2D eigenvalue weighted by atomic mass is 19.1. The fraction of sp³-hybridized carbons (Fsp3) is 0.304. The number of aromatic nitrogens is 1. The first-order valence-electron chi connectivity index (χ1n) is 10.0. The summed E-state index contributed by atoms with van der Waals surface area (Å²) in [4.78, 5) is 21.1. The van der Waals surface area contributed by atoms with Crippen LogP contribution in [0.25, 0.3) is 11.5 Å². The Morgan fingerprint density at radius 2 is 1.81 bits per heavy atom. The van der Waals surface area contributed by atoms with Crippen LogP contribution in [0.2, 0.25) is 0 Å². The van der Waals surface area contributed by atoms with E-state index in [2.05, 4.69) is 9.88 Å². The van der Waals surface area contributed by atoms with Gasteiger partial charge in [0, 0.05) is 44.4 Å². The third-order valence-electron chi connectivity index (χ3n) is 5.42. The number of hydrogen-bond acceptors (Lipinski definition) is 5. The van der Waals surface area contributed by atoms with Gasteiger partial charge in [-0.1, -0.05) is 0 Å². The number of piperazine rings is 1. The standard InChI is InChI=1S/C23H23F2N3O3/c1-15-21(26-22(31-15)19-8-5-17(24)13-20(19)25)14-27-9-11-28(12-10-27)23(29)16-3-6-18(30-2)7-4-16/h3-8,13H,9-12,14H2,1-2H3. The minimum absolute atomic E-state index is 0.00556. The normalized spacial score (nSPS) is 14.6. The van der Waals surface area contributed by atoms with Gasteiger partial charge in [0.25, 0.3) is 5.91 Å². The van der Waals surface area contributed by atoms with Crippen molar-refractivity contribution in [1.29, 1.82) is 0 Å². The van der Waals surface area contributed by atoms with Gasteiger partial charge in [-0.25, -0.2) is 13.8 Å². The Morgan fingerprint density at radius 1 is 1.10 bits per heavy atom. The van der Waals surface area contributed by atoms with E-state index in [9.17, 15) is 13.6 Å². The maximum absolute atomic E-state index is 14.0. The second-order valence-corrected chi connectivity index (χ2v) is 7.44. The van der Waals surface area contributed by atoms with Crippen molar-refractivity contribution < 1.29 is 22.7 Å². The van der Waals surface area contributed by atoms with E-state index in [4.69, 9.17) is 9.15 Å². The van der Waals surface area contributed by atoms with E-state index < -0.39 is 11.6 Å². The highest BCUT2D eigenvalue weighted by Gasteiger charge is 2.24. The number of methoxy groups -OCH3 is 1. The molecule has 0 atom stereocenters. The van der Waals surface area contributed by atoms with Crippen LogP contribution in [-0.2, 0) is 6.54 Å². The van der Waals surface area contributed by atoms with Crippen molar-refractivity contribution in [1.82, 2.24) is 14.8 Å². The van der Waals surface area contributed by atoms with E-state index in [0.717, 1.165) is 6.07 Å². The summed E-state index contributed by atoms with van der Waals surface area (Å²) in [6, 6.07) is 10.4. The SMILES string of the molecule is COc1ccc(C(=O)N2CCN(Cc3nc(-c4ccc(F)cc4F)oc3C)CC2)cc1. The Morgan fingerprint density at radius 3 is 2.45 bits per heavy atom. The molecule has 2 heterocycles. The zero-order valence-corrected chi connectivity index (χ0v) is 17.4. The molecule has 0 bridgehead atoms. The van der Waals surface area contributed by atoms with Crippen LogP contribution in [0.1, 0.15) is 21.8 Å². The maximum Gasteiger partial charge on any atom is 0.253 e. The number of oxazole rings is 1. The topological polar surface area (TPSA) is 58.8 Å². The zero-order chi connectivity index (χ0) is 22.0. The van der Waals surface area contributed by atoms with E-state index in [1.54, 1.807) is 38.3 Å². The minimum atomic E-state index is -0.710. The molecule has 2 aromatic carbocycles. The quantitative estimate of drug-likeness (QED) is 0.618. The van der Waals surface area contributed by atoms with Crippen LogP contribution < -0.4 is 4.74 Å². The highest BCUT2D eigenvalue weighted by Crippen LogP contribution is 2.26. The van der Waals surface area contributed by atoms with Gasteiger partial charge in [-0.15, -0.1) is 0 Å². The molecule has 3 aromatic rings. The van der Waals surface area contributed by atoms with Crippen LogP contribution in [0.4, 0.5) is 8.78 Å². The molecular weight excluding hydrogens is 404 g/mol. The summed E-state index contributed by atoms with van der Waals surface area (Å²) in [5.74, 6) is 0.0808. The third-order valence-corrected chi connectivity index (χ3v) is 5.42. The number of nitrogens with zero attached hydrogens (tertiary/aromatic N) is 3. The number of carbonyl (C=O) groups is 1. The predicted octanol–water partition coefficient (Wildman–Crippen LogP) is 3.89. The molecule has 6 nitrogen and oxygen atoms in total. The molecule has 162 valence electrons. The molecule has 1 saturated heterocycles. The van der Waals surface area contributed by atoms with Crippen LogP contribution in [0.3, 0.4) is 0 Å². The van der Waals surface area contributed by atoms with Crippen molar-refractivity contribution in [2.24, 2.45) is 0 Å². The van der Waals surface area contributed by atoms with E-state index in [-0.39, 0.29) is 17.4 Å². The number of rotatable bonds is 5. The third kappa shape index (κ3) is 4.59. The largest absolute Gasteiger partial charge is 0.497 e. The molecular formula is C23H23F2N3O3. The molecule has 0 aliphatic carbocycles. The van der Waals surface area contributed by atoms with Crippen LogP contribution in [0, 0.1) is 18.6 Å². The smallest absolute Gasteiger partial charge is 0.253 e. The van der Waals surface area contributed by atoms with Crippen molar-refractivity contribution in [2.45, 2.75) is 13.5 Å². The monoisotopic (exact) mass is 427 g/mol. The van der Waals surface area contributed by atoms with Crippen molar-refractivity contribution in [3.05, 3.63) is 71.1 Å². The predicted molar refractivity (Wildman–Crippen MR) is 111 cm³/mol. The Hall–Kier alpha value is -3.26. The van der Waals surface area contributed by atoms with E-state index in [1.165, 1.54) is 12.1 Å². The van der Waals surface area contributed by atoms with Crippen LogP contribution in [0.5, 0.6) is 5.75 Å². The fourth-order valence-corrected chi connectivity index (χ4v) is 3.59. The lowest BCUT2D eigenvalue weighted by Gasteiger charge is -2.34. The molecule has 0 radical (unpaired) electrons. The van der Waals surface area contributed by atoms with Crippen molar-refractivity contribution in [3.63, 3.8) is 0 Å². The van der Waals surface area contributed by atoms with Crippen LogP contribution in [-0.4, -0.2) is 54.0 Å². The molecule has 0 unspecified atom stereocenters. The second kappa shape index (κ2) is 8.85. The first-order valence-corrected chi connectivity index (χ1v) is 10.0. The molecule has 1 fully saturated rings. The fourth-order valence-electron chi connectivity index (χ4n) is 3.59. The summed E-state index contributed by atoms with van der Waals surface area (Å²) < 4.78 is 38.0. The summed E-state index contributed by atoms with van der Waals surface area (Å²) in [7, 11) is 1.59. The molecule has 1 aliphatic heterocycles. The van der Waals surface area contributed by atoms with E-state index in [1.807, 2.05) is 4.90 Å². The number of benzene rings is 2. The molecule has 1 amide bonds. The number of halogens is 2. The van der Waals surface area contributed by atoms with Gasteiger partial charge in [0.05, 0.1) is 18.4 Å². The van der Waals surface area contributed by atoms with Crippen molar-refractivity contribution >= 4 is 5.91 Å². The molecule has 31 heavy (non-hydrogen) atoms. The average Bonchev–Trinajstić information content (AvgIpc) is 3.13. The summed E-state index contributed by atoms with van der Waals surface area (Å²) in [6.07, 6.45) is 0. The molecule has 0 spiro atoms. The highest BCUT2D eigenvalue weighted by molar-refractivity contribution is 5.94. The van der Waals surface area contributed by atoms with Gasteiger partial charge in [-0.3, -0.25) is 9.69 Å². The molecule has 0 saturated carbocycles. The van der Waals surface area contributed by atoms with Crippen LogP contribution >= 0.6 is 0 Å². The lowest BCUT2D eigenvalue weighted by atomic mass is 10.1. The lowest BCUT2D eigenvalue weighted by molar-refractivity contribution is 0.0626. The van der Waals surface area contributed by atoms with E-state index in [0.29, 0.717) is 55.5 Å². The van der Waals surface area contributed by atoms with Gasteiger partial charge in [0.15, 0.2) is 0 Å². The van der Waals surface area contributed by atoms with Crippen LogP contribution in [0.15, 0.2) is 46.9 Å². The molecule has 1 aromatic heterocycles. The number of hydrogen-bond donors (Lipinski definition) is 0. The number of amides is 1. The van der Waals surface area contributed by atoms with Gasteiger partial charge in [-0.2, -0.15) is 0 Å². The Labute approximate surface area is 179 Å². The molecule has 1 aliphatic rings. The molecule has 4 rings (SSSR count).